The van der Waals surface area contributed by atoms with Gasteiger partial charge in [0.25, 0.3) is 0 Å². The summed E-state index contributed by atoms with van der Waals surface area (Å²) in [7, 11) is 0. The molecule has 4 nitrogen and oxygen atoms in total. The second kappa shape index (κ2) is 6.79. The Labute approximate surface area is 138 Å². The molecule has 0 saturated carbocycles. The maximum Gasteiger partial charge on any atom is 0.243 e. The van der Waals surface area contributed by atoms with E-state index in [1.807, 2.05) is 43.5 Å². The van der Waals surface area contributed by atoms with E-state index in [9.17, 15) is 4.79 Å². The Morgan fingerprint density at radius 1 is 1.43 bits per heavy atom. The molecule has 1 N–H and O–H groups in total. The van der Waals surface area contributed by atoms with Crippen molar-refractivity contribution in [3.8, 4) is 0 Å². The lowest BCUT2D eigenvalue weighted by Crippen LogP contribution is -2.36. The molecule has 0 fully saturated rings. The fourth-order valence-electron chi connectivity index (χ4n) is 2.34. The van der Waals surface area contributed by atoms with Crippen LogP contribution in [0.15, 0.2) is 22.7 Å². The van der Waals surface area contributed by atoms with E-state index in [0.29, 0.717) is 12.3 Å². The van der Waals surface area contributed by atoms with Crippen molar-refractivity contribution in [1.29, 1.82) is 0 Å². The molecule has 2 rings (SSSR count). The van der Waals surface area contributed by atoms with Gasteiger partial charge in [-0.3, -0.25) is 4.79 Å². The Balaban J connectivity index is 2.49. The van der Waals surface area contributed by atoms with Crippen LogP contribution in [0, 0.1) is 0 Å². The van der Waals surface area contributed by atoms with Gasteiger partial charge in [-0.25, -0.2) is 4.98 Å². The van der Waals surface area contributed by atoms with Crippen molar-refractivity contribution in [2.24, 2.45) is 0 Å². The highest BCUT2D eigenvalue weighted by molar-refractivity contribution is 9.10. The number of hydrogen-bond donors (Lipinski definition) is 1. The first-order valence-corrected chi connectivity index (χ1v) is 8.29. The minimum atomic E-state index is -0.322. The molecule has 0 radical (unpaired) electrons. The van der Waals surface area contributed by atoms with Gasteiger partial charge < -0.3 is 9.88 Å². The summed E-state index contributed by atoms with van der Waals surface area (Å²) in [6, 6.07) is 5.68. The molecule has 0 aliphatic heterocycles. The van der Waals surface area contributed by atoms with E-state index in [-0.39, 0.29) is 18.0 Å². The van der Waals surface area contributed by atoms with Gasteiger partial charge in [0.15, 0.2) is 0 Å². The number of rotatable bonds is 5. The quantitative estimate of drug-likeness (QED) is 0.814. The van der Waals surface area contributed by atoms with Crippen LogP contribution < -0.4 is 5.32 Å². The van der Waals surface area contributed by atoms with Crippen LogP contribution in [0.2, 0.25) is 0 Å². The highest BCUT2D eigenvalue weighted by atomic mass is 79.9. The van der Waals surface area contributed by atoms with E-state index in [2.05, 4.69) is 26.2 Å². The number of hydrogen-bond acceptors (Lipinski definition) is 2. The second-order valence-corrected chi connectivity index (χ2v) is 6.60. The van der Waals surface area contributed by atoms with Crippen molar-refractivity contribution in [2.75, 3.05) is 5.88 Å². The zero-order chi connectivity index (χ0) is 15.6. The van der Waals surface area contributed by atoms with Gasteiger partial charge in [0.2, 0.25) is 5.91 Å². The Morgan fingerprint density at radius 3 is 2.76 bits per heavy atom. The fraction of sp³-hybridized carbons (Fsp3) is 0.467. The van der Waals surface area contributed by atoms with E-state index < -0.39 is 0 Å². The zero-order valence-electron chi connectivity index (χ0n) is 12.4. The minimum Gasteiger partial charge on any atom is -0.352 e. The van der Waals surface area contributed by atoms with Gasteiger partial charge in [0.1, 0.15) is 11.9 Å². The first-order chi connectivity index (χ1) is 9.93. The molecule has 1 unspecified atom stereocenters. The van der Waals surface area contributed by atoms with Crippen LogP contribution >= 0.6 is 27.5 Å². The number of halogens is 2. The van der Waals surface area contributed by atoms with Gasteiger partial charge in [-0.15, -0.1) is 11.6 Å². The van der Waals surface area contributed by atoms with Crippen LogP contribution in [0.1, 0.15) is 32.6 Å². The summed E-state index contributed by atoms with van der Waals surface area (Å²) in [5.74, 6) is 1.30. The van der Waals surface area contributed by atoms with Gasteiger partial charge >= 0.3 is 0 Å². The van der Waals surface area contributed by atoms with Gasteiger partial charge in [-0.05, 0) is 39.0 Å². The number of aryl methyl sites for hydroxylation is 1. The third kappa shape index (κ3) is 3.58. The standard InChI is InChI=1S/C15H19BrClN3O/c1-9(2)18-15(21)10(3)20-13-5-4-11(16)8-12(13)19-14(20)6-7-17/h4-5,8-10H,6-7H2,1-3H3,(H,18,21). The molecule has 0 saturated heterocycles. The maximum absolute atomic E-state index is 12.3. The average molecular weight is 373 g/mol. The monoisotopic (exact) mass is 371 g/mol. The maximum atomic E-state index is 12.3. The molecular formula is C15H19BrClN3O. The number of nitrogens with one attached hydrogen (secondary N) is 1. The highest BCUT2D eigenvalue weighted by Gasteiger charge is 2.21. The van der Waals surface area contributed by atoms with Gasteiger partial charge in [-0.1, -0.05) is 15.9 Å². The van der Waals surface area contributed by atoms with Crippen LogP contribution in [0.4, 0.5) is 0 Å². The van der Waals surface area contributed by atoms with Crippen molar-refractivity contribution in [2.45, 2.75) is 39.3 Å². The van der Waals surface area contributed by atoms with Crippen LogP contribution in [0.3, 0.4) is 0 Å². The van der Waals surface area contributed by atoms with Crippen LogP contribution in [-0.4, -0.2) is 27.4 Å². The van der Waals surface area contributed by atoms with Gasteiger partial charge in [0, 0.05) is 22.8 Å². The molecule has 1 atom stereocenters. The van der Waals surface area contributed by atoms with Crippen molar-refractivity contribution < 1.29 is 4.79 Å². The molecular weight excluding hydrogens is 354 g/mol. The number of carbonyl (C=O) groups excluding carboxylic acids is 1. The lowest BCUT2D eigenvalue weighted by atomic mass is 10.2. The number of fused-ring (bicyclic) bond motifs is 1. The predicted octanol–water partition coefficient (Wildman–Crippen LogP) is 3.67. The van der Waals surface area contributed by atoms with Crippen molar-refractivity contribution in [3.63, 3.8) is 0 Å². The molecule has 1 amide bonds. The molecule has 6 heteroatoms. The Bertz CT molecular complexity index is 654. The Morgan fingerprint density at radius 2 is 2.14 bits per heavy atom. The lowest BCUT2D eigenvalue weighted by molar-refractivity contribution is -0.124. The number of benzene rings is 1. The topological polar surface area (TPSA) is 46.9 Å². The Kier molecular flexibility index (Phi) is 5.27. The average Bonchev–Trinajstić information content (AvgIpc) is 2.74. The second-order valence-electron chi connectivity index (χ2n) is 5.31. The Hall–Kier alpha value is -1.07. The first-order valence-electron chi connectivity index (χ1n) is 6.96. The van der Waals surface area contributed by atoms with Gasteiger partial charge in [0.05, 0.1) is 11.0 Å². The number of imidazole rings is 1. The van der Waals surface area contributed by atoms with Crippen LogP contribution in [0.25, 0.3) is 11.0 Å². The van der Waals surface area contributed by atoms with Gasteiger partial charge in [-0.2, -0.15) is 0 Å². The molecule has 0 bridgehead atoms. The molecule has 114 valence electrons. The molecule has 1 aromatic heterocycles. The summed E-state index contributed by atoms with van der Waals surface area (Å²) in [6.07, 6.45) is 0.632. The minimum absolute atomic E-state index is 0.0111. The van der Waals surface area contributed by atoms with Crippen molar-refractivity contribution in [1.82, 2.24) is 14.9 Å². The summed E-state index contributed by atoms with van der Waals surface area (Å²) in [5, 5.41) is 2.95. The van der Waals surface area contributed by atoms with E-state index >= 15 is 0 Å². The molecule has 1 heterocycles. The summed E-state index contributed by atoms with van der Waals surface area (Å²) in [5.41, 5.74) is 1.82. The summed E-state index contributed by atoms with van der Waals surface area (Å²) in [4.78, 5) is 16.9. The van der Waals surface area contributed by atoms with E-state index in [1.54, 1.807) is 0 Å². The summed E-state index contributed by atoms with van der Waals surface area (Å²) >= 11 is 9.32. The van der Waals surface area contributed by atoms with E-state index in [1.165, 1.54) is 0 Å². The number of amides is 1. The first kappa shape index (κ1) is 16.3. The largest absolute Gasteiger partial charge is 0.352 e. The molecule has 0 aliphatic rings. The normalized spacial score (nSPS) is 12.9. The van der Waals surface area contributed by atoms with E-state index in [4.69, 9.17) is 11.6 Å². The lowest BCUT2D eigenvalue weighted by Gasteiger charge is -2.18. The predicted molar refractivity (Wildman–Crippen MR) is 89.8 cm³/mol. The number of nitrogens with zero attached hydrogens (tertiary/aromatic N) is 2. The third-order valence-corrected chi connectivity index (χ3v) is 3.92. The van der Waals surface area contributed by atoms with Crippen LogP contribution in [0.5, 0.6) is 0 Å². The SMILES string of the molecule is CC(C)NC(=O)C(C)n1c(CCCl)nc2cc(Br)ccc21. The number of carbonyl (C=O) groups is 1. The molecule has 1 aromatic carbocycles. The summed E-state index contributed by atoms with van der Waals surface area (Å²) in [6.45, 7) is 5.79. The van der Waals surface area contributed by atoms with E-state index in [0.717, 1.165) is 21.3 Å². The number of alkyl halides is 1. The molecule has 0 spiro atoms. The molecule has 2 aromatic rings. The van der Waals surface area contributed by atoms with Crippen molar-refractivity contribution >= 4 is 44.5 Å². The van der Waals surface area contributed by atoms with Crippen LogP contribution in [-0.2, 0) is 11.2 Å². The zero-order valence-corrected chi connectivity index (χ0v) is 14.7. The van der Waals surface area contributed by atoms with Crippen molar-refractivity contribution in [3.05, 3.63) is 28.5 Å². The summed E-state index contributed by atoms with van der Waals surface area (Å²) < 4.78 is 2.94. The number of aromatic nitrogens is 2. The fourth-order valence-corrected chi connectivity index (χ4v) is 2.86. The molecule has 0 aliphatic carbocycles. The smallest absolute Gasteiger partial charge is 0.243 e. The third-order valence-electron chi connectivity index (χ3n) is 3.24. The highest BCUT2D eigenvalue weighted by Crippen LogP contribution is 2.25. The molecule has 21 heavy (non-hydrogen) atoms.